The zero-order chi connectivity index (χ0) is 26.6. The number of nitrogens with two attached hydrogens (primary N) is 1. The summed E-state index contributed by atoms with van der Waals surface area (Å²) < 4.78 is 17.2. The minimum absolute atomic E-state index is 0.114. The number of ether oxygens (including phenoxy) is 1. The van der Waals surface area contributed by atoms with Crippen molar-refractivity contribution in [1.29, 1.82) is 0 Å². The second-order valence-electron chi connectivity index (χ2n) is 11.6. The van der Waals surface area contributed by atoms with E-state index < -0.39 is 52.2 Å². The molecule has 0 aromatic rings. The average Bonchev–Trinajstić information content (AvgIpc) is 2.62. The smallest absolute Gasteiger partial charge is 0.394 e. The summed E-state index contributed by atoms with van der Waals surface area (Å²) in [4.78, 5) is 40.0. The highest BCUT2D eigenvalue weighted by Gasteiger charge is 2.57. The zero-order valence-electron chi connectivity index (χ0n) is 22.7. The van der Waals surface area contributed by atoms with E-state index in [0.717, 1.165) is 7.11 Å². The molecule has 0 aliphatic rings. The minimum Gasteiger partial charge on any atom is -0.504 e. The summed E-state index contributed by atoms with van der Waals surface area (Å²) in [6, 6.07) is -1.10. The van der Waals surface area contributed by atoms with E-state index in [2.05, 4.69) is 11.9 Å². The molecule has 0 aliphatic heterocycles. The van der Waals surface area contributed by atoms with E-state index in [-0.39, 0.29) is 16.5 Å². The van der Waals surface area contributed by atoms with Crippen LogP contribution in [0.4, 0.5) is 4.79 Å². The van der Waals surface area contributed by atoms with Crippen molar-refractivity contribution in [3.05, 3.63) is 12.7 Å². The molecule has 0 radical (unpaired) electrons. The third kappa shape index (κ3) is 7.24. The molecule has 3 N–H and O–H groups in total. The monoisotopic (exact) mass is 502 g/mol. The summed E-state index contributed by atoms with van der Waals surface area (Å²) in [5.74, 6) is -1.67. The second kappa shape index (κ2) is 10.8. The lowest BCUT2D eigenvalue weighted by atomic mass is 9.83. The topological polar surface area (TPSA) is 117 Å². The number of methoxy groups -OCH3 is 1. The molecule has 0 fully saturated rings. The van der Waals surface area contributed by atoms with Crippen LogP contribution in [0.3, 0.4) is 0 Å². The number of hydrogen-bond acceptors (Lipinski definition) is 7. The molecule has 3 atom stereocenters. The van der Waals surface area contributed by atoms with Crippen molar-refractivity contribution in [2.45, 2.75) is 109 Å². The Morgan fingerprint density at radius 1 is 1.00 bits per heavy atom. The van der Waals surface area contributed by atoms with E-state index in [0.29, 0.717) is 0 Å². The highest BCUT2D eigenvalue weighted by molar-refractivity contribution is 6.75. The summed E-state index contributed by atoms with van der Waals surface area (Å²) in [7, 11) is -3.87. The highest BCUT2D eigenvalue weighted by atomic mass is 28.4. The molecule has 192 valence electrons. The van der Waals surface area contributed by atoms with Crippen molar-refractivity contribution in [3.8, 4) is 0 Å². The van der Waals surface area contributed by atoms with Crippen LogP contribution in [0.2, 0.25) is 36.3 Å². The van der Waals surface area contributed by atoms with Gasteiger partial charge in [0.15, 0.2) is 14.1 Å². The third-order valence-electron chi connectivity index (χ3n) is 6.99. The van der Waals surface area contributed by atoms with E-state index in [1.807, 2.05) is 67.7 Å². The number of nitrogens with one attached hydrogen (secondary N) is 1. The van der Waals surface area contributed by atoms with Gasteiger partial charge in [-0.15, -0.1) is 6.58 Å². The summed E-state index contributed by atoms with van der Waals surface area (Å²) in [5, 5.41) is 2.07. The molecule has 0 aromatic heterocycles. The lowest BCUT2D eigenvalue weighted by Crippen LogP contribution is -2.72. The molecule has 0 aromatic carbocycles. The van der Waals surface area contributed by atoms with E-state index in [1.165, 1.54) is 6.08 Å². The maximum absolute atomic E-state index is 13.6. The molecule has 0 heterocycles. The molecule has 0 aliphatic carbocycles. The third-order valence-corrected chi connectivity index (χ3v) is 15.9. The first-order valence-corrected chi connectivity index (χ1v) is 17.1. The van der Waals surface area contributed by atoms with Gasteiger partial charge >= 0.3 is 12.1 Å². The number of hydrogen-bond donors (Lipinski definition) is 2. The van der Waals surface area contributed by atoms with Crippen molar-refractivity contribution in [1.82, 2.24) is 5.32 Å². The van der Waals surface area contributed by atoms with Gasteiger partial charge in [-0.05, 0) is 49.6 Å². The van der Waals surface area contributed by atoms with Gasteiger partial charge < -0.3 is 19.3 Å². The van der Waals surface area contributed by atoms with E-state index >= 15 is 0 Å². The molecule has 0 saturated heterocycles. The minimum atomic E-state index is -2.56. The Morgan fingerprint density at radius 3 is 1.82 bits per heavy atom. The van der Waals surface area contributed by atoms with Gasteiger partial charge in [-0.3, -0.25) is 10.1 Å². The van der Waals surface area contributed by atoms with Crippen molar-refractivity contribution in [3.63, 3.8) is 0 Å². The lowest BCUT2D eigenvalue weighted by Gasteiger charge is -2.44. The number of carbonyl (C=O) groups is 3. The van der Waals surface area contributed by atoms with Gasteiger partial charge in [-0.25, -0.2) is 9.59 Å². The Labute approximate surface area is 202 Å². The predicted octanol–water partition coefficient (Wildman–Crippen LogP) is 4.51. The SMILES string of the molecule is C=CCC(N)C(=O)C(NC(=O)O[Si](C)(C)C(C)(C)C)(C(=O)OC)C(C)O[Si](C)(C)C(C)(C)C. The van der Waals surface area contributed by atoms with Gasteiger partial charge in [0.25, 0.3) is 8.32 Å². The van der Waals surface area contributed by atoms with Crippen LogP contribution < -0.4 is 11.1 Å². The summed E-state index contributed by atoms with van der Waals surface area (Å²) >= 11 is 0. The molecule has 0 saturated carbocycles. The Balaban J connectivity index is 6.61. The molecular weight excluding hydrogens is 456 g/mol. The van der Waals surface area contributed by atoms with E-state index in [1.54, 1.807) is 6.92 Å². The molecule has 8 nitrogen and oxygen atoms in total. The fourth-order valence-electron chi connectivity index (χ4n) is 2.70. The van der Waals surface area contributed by atoms with Crippen LogP contribution >= 0.6 is 0 Å². The van der Waals surface area contributed by atoms with Crippen LogP contribution in [-0.4, -0.2) is 59.3 Å². The number of esters is 1. The first kappa shape index (κ1) is 31.5. The fraction of sp³-hybridized carbons (Fsp3) is 0.783. The molecule has 33 heavy (non-hydrogen) atoms. The second-order valence-corrected chi connectivity index (χ2v) is 21.1. The first-order chi connectivity index (χ1) is 14.6. The number of ketones is 1. The highest BCUT2D eigenvalue weighted by Crippen LogP contribution is 2.39. The van der Waals surface area contributed by atoms with Gasteiger partial charge in [-0.1, -0.05) is 47.6 Å². The van der Waals surface area contributed by atoms with Gasteiger partial charge in [0.05, 0.1) is 19.3 Å². The fourth-order valence-corrected chi connectivity index (χ4v) is 4.93. The van der Waals surface area contributed by atoms with Gasteiger partial charge in [0.1, 0.15) is 0 Å². The summed E-state index contributed by atoms with van der Waals surface area (Å²) in [6.45, 7) is 25.0. The van der Waals surface area contributed by atoms with Crippen molar-refractivity contribution >= 4 is 34.5 Å². The molecule has 0 rings (SSSR count). The largest absolute Gasteiger partial charge is 0.504 e. The van der Waals surface area contributed by atoms with Crippen LogP contribution in [0.5, 0.6) is 0 Å². The first-order valence-electron chi connectivity index (χ1n) is 11.3. The predicted molar refractivity (Wildman–Crippen MR) is 137 cm³/mol. The van der Waals surface area contributed by atoms with Crippen molar-refractivity contribution < 1.29 is 28.0 Å². The van der Waals surface area contributed by atoms with Gasteiger partial charge in [0, 0.05) is 0 Å². The summed E-state index contributed by atoms with van der Waals surface area (Å²) in [5.41, 5.74) is 3.94. The molecule has 0 bridgehead atoms. The quantitative estimate of drug-likeness (QED) is 0.195. The van der Waals surface area contributed by atoms with Crippen LogP contribution in [-0.2, 0) is 23.2 Å². The molecule has 1 amide bonds. The Kier molecular flexibility index (Phi) is 10.3. The maximum Gasteiger partial charge on any atom is 0.394 e. The summed E-state index contributed by atoms with van der Waals surface area (Å²) in [6.07, 6.45) is -0.334. The molecule has 0 spiro atoms. The Hall–Kier alpha value is -1.50. The average molecular weight is 503 g/mol. The zero-order valence-corrected chi connectivity index (χ0v) is 24.7. The van der Waals surface area contributed by atoms with Gasteiger partial charge in [-0.2, -0.15) is 0 Å². The lowest BCUT2D eigenvalue weighted by molar-refractivity contribution is -0.158. The standard InChI is InChI=1S/C23H46N2O6Si2/c1-14-15-17(24)18(26)23(19(27)29-9,16(2)30-32(10,11)21(3,4)5)25-20(28)31-33(12,13)22(6,7)8/h14,16-17H,1,15,24H2,2-13H3,(H,25,28). The van der Waals surface area contributed by atoms with E-state index in [4.69, 9.17) is 19.3 Å². The maximum atomic E-state index is 13.6. The molecular formula is C23H46N2O6Si2. The molecule has 10 heteroatoms. The van der Waals surface area contributed by atoms with Crippen molar-refractivity contribution in [2.75, 3.05) is 7.11 Å². The number of Topliss-reactive ketones (excluding diaryl/α,β-unsaturated/α-hetero) is 1. The normalized spacial score (nSPS) is 16.8. The van der Waals surface area contributed by atoms with Crippen LogP contribution in [0.25, 0.3) is 0 Å². The van der Waals surface area contributed by atoms with Crippen LogP contribution in [0.1, 0.15) is 54.9 Å². The Bertz CT molecular complexity index is 740. The number of carbonyl (C=O) groups excluding carboxylic acids is 3. The number of amides is 1. The van der Waals surface area contributed by atoms with Crippen molar-refractivity contribution in [2.24, 2.45) is 5.73 Å². The van der Waals surface area contributed by atoms with Crippen LogP contribution in [0.15, 0.2) is 12.7 Å². The Morgan fingerprint density at radius 2 is 1.45 bits per heavy atom. The van der Waals surface area contributed by atoms with Crippen LogP contribution in [0, 0.1) is 0 Å². The molecule has 3 unspecified atom stereocenters. The van der Waals surface area contributed by atoms with Gasteiger partial charge in [0.2, 0.25) is 5.54 Å². The number of rotatable bonds is 10. The van der Waals surface area contributed by atoms with E-state index in [9.17, 15) is 14.4 Å².